The van der Waals surface area contributed by atoms with E-state index in [9.17, 15) is 9.59 Å². The third-order valence-corrected chi connectivity index (χ3v) is 1.98. The standard InChI is InChI=1S/C11H10ClNO3/c1-7(12)6-13-10(14)8-4-2-3-5-9(8)11(15)16/h2-5H,1,6H2,(H,13,14)(H,15,16). The zero-order chi connectivity index (χ0) is 12.1. The van der Waals surface area contributed by atoms with Gasteiger partial charge in [-0.05, 0) is 12.1 Å². The Kier molecular flexibility index (Phi) is 4.08. The van der Waals surface area contributed by atoms with Gasteiger partial charge >= 0.3 is 5.97 Å². The van der Waals surface area contributed by atoms with E-state index in [1.165, 1.54) is 12.1 Å². The predicted molar refractivity (Wildman–Crippen MR) is 60.7 cm³/mol. The zero-order valence-corrected chi connectivity index (χ0v) is 9.12. The average molecular weight is 240 g/mol. The summed E-state index contributed by atoms with van der Waals surface area (Å²) in [6.07, 6.45) is 0. The number of carbonyl (C=O) groups excluding carboxylic acids is 1. The maximum Gasteiger partial charge on any atom is 0.336 e. The van der Waals surface area contributed by atoms with Crippen LogP contribution in [0, 0.1) is 0 Å². The van der Waals surface area contributed by atoms with Crippen molar-refractivity contribution < 1.29 is 14.7 Å². The van der Waals surface area contributed by atoms with Crippen LogP contribution < -0.4 is 5.32 Å². The van der Waals surface area contributed by atoms with E-state index in [1.54, 1.807) is 12.1 Å². The Labute approximate surface area is 97.5 Å². The fourth-order valence-electron chi connectivity index (χ4n) is 1.14. The molecule has 0 saturated heterocycles. The number of aromatic carboxylic acids is 1. The number of benzene rings is 1. The van der Waals surface area contributed by atoms with Crippen LogP contribution in [0.25, 0.3) is 0 Å². The van der Waals surface area contributed by atoms with Gasteiger partial charge in [-0.2, -0.15) is 0 Å². The molecule has 84 valence electrons. The number of carbonyl (C=O) groups is 2. The summed E-state index contributed by atoms with van der Waals surface area (Å²) >= 11 is 5.49. The van der Waals surface area contributed by atoms with Crippen LogP contribution in [0.5, 0.6) is 0 Å². The number of rotatable bonds is 4. The molecular weight excluding hydrogens is 230 g/mol. The maximum absolute atomic E-state index is 11.6. The zero-order valence-electron chi connectivity index (χ0n) is 8.37. The molecular formula is C11H10ClNO3. The molecule has 1 aromatic rings. The third kappa shape index (κ3) is 3.10. The van der Waals surface area contributed by atoms with Crippen molar-refractivity contribution in [3.05, 3.63) is 47.0 Å². The molecule has 0 fully saturated rings. The molecule has 1 amide bonds. The molecule has 0 spiro atoms. The first-order valence-corrected chi connectivity index (χ1v) is 4.84. The van der Waals surface area contributed by atoms with Crippen LogP contribution in [-0.4, -0.2) is 23.5 Å². The molecule has 0 heterocycles. The minimum atomic E-state index is -1.14. The Bertz CT molecular complexity index is 443. The fourth-order valence-corrected chi connectivity index (χ4v) is 1.21. The van der Waals surface area contributed by atoms with E-state index >= 15 is 0 Å². The van der Waals surface area contributed by atoms with Crippen molar-refractivity contribution in [2.45, 2.75) is 0 Å². The van der Waals surface area contributed by atoms with E-state index < -0.39 is 11.9 Å². The smallest absolute Gasteiger partial charge is 0.336 e. The van der Waals surface area contributed by atoms with Crippen LogP contribution in [0.15, 0.2) is 35.9 Å². The van der Waals surface area contributed by atoms with Gasteiger partial charge in [-0.1, -0.05) is 30.3 Å². The molecule has 1 aromatic carbocycles. The van der Waals surface area contributed by atoms with E-state index in [4.69, 9.17) is 16.7 Å². The summed E-state index contributed by atoms with van der Waals surface area (Å²) in [5.74, 6) is -1.63. The Hall–Kier alpha value is -1.81. The largest absolute Gasteiger partial charge is 0.478 e. The number of carboxylic acid groups (broad SMARTS) is 1. The maximum atomic E-state index is 11.6. The number of hydrogen-bond donors (Lipinski definition) is 2. The van der Waals surface area contributed by atoms with Crippen LogP contribution in [-0.2, 0) is 0 Å². The number of amides is 1. The predicted octanol–water partition coefficient (Wildman–Crippen LogP) is 1.87. The molecule has 0 bridgehead atoms. The Morgan fingerprint density at radius 3 is 2.38 bits per heavy atom. The van der Waals surface area contributed by atoms with Crippen molar-refractivity contribution in [1.29, 1.82) is 0 Å². The first-order valence-electron chi connectivity index (χ1n) is 4.46. The summed E-state index contributed by atoms with van der Waals surface area (Å²) in [5, 5.41) is 11.6. The molecule has 0 aromatic heterocycles. The van der Waals surface area contributed by atoms with Crippen molar-refractivity contribution in [3.63, 3.8) is 0 Å². The molecule has 0 saturated carbocycles. The molecule has 0 radical (unpaired) electrons. The lowest BCUT2D eigenvalue weighted by molar-refractivity contribution is 0.0691. The van der Waals surface area contributed by atoms with Gasteiger partial charge in [0.25, 0.3) is 5.91 Å². The monoisotopic (exact) mass is 239 g/mol. The first kappa shape index (κ1) is 12.3. The van der Waals surface area contributed by atoms with Crippen molar-refractivity contribution in [2.75, 3.05) is 6.54 Å². The van der Waals surface area contributed by atoms with Gasteiger partial charge in [-0.3, -0.25) is 4.79 Å². The molecule has 4 nitrogen and oxygen atoms in total. The number of carboxylic acids is 1. The molecule has 0 aliphatic rings. The van der Waals surface area contributed by atoms with Crippen LogP contribution >= 0.6 is 11.6 Å². The normalized spacial score (nSPS) is 9.56. The van der Waals surface area contributed by atoms with Gasteiger partial charge in [0, 0.05) is 5.03 Å². The first-order chi connectivity index (χ1) is 7.52. The second kappa shape index (κ2) is 5.32. The molecule has 0 aliphatic carbocycles. The number of halogens is 1. The highest BCUT2D eigenvalue weighted by atomic mass is 35.5. The Balaban J connectivity index is 2.90. The topological polar surface area (TPSA) is 66.4 Å². The van der Waals surface area contributed by atoms with Gasteiger partial charge in [0.05, 0.1) is 17.7 Å². The average Bonchev–Trinajstić information content (AvgIpc) is 2.25. The SMILES string of the molecule is C=C(Cl)CNC(=O)c1ccccc1C(=O)O. The Morgan fingerprint density at radius 1 is 1.31 bits per heavy atom. The van der Waals surface area contributed by atoms with Gasteiger partial charge in [-0.25, -0.2) is 4.79 Å². The van der Waals surface area contributed by atoms with Crippen molar-refractivity contribution in [3.8, 4) is 0 Å². The summed E-state index contributed by atoms with van der Waals surface area (Å²) in [6, 6.07) is 5.96. The lowest BCUT2D eigenvalue weighted by Gasteiger charge is -2.06. The highest BCUT2D eigenvalue weighted by Crippen LogP contribution is 2.08. The number of hydrogen-bond acceptors (Lipinski definition) is 2. The van der Waals surface area contributed by atoms with Crippen molar-refractivity contribution in [2.24, 2.45) is 0 Å². The van der Waals surface area contributed by atoms with E-state index in [-0.39, 0.29) is 22.7 Å². The van der Waals surface area contributed by atoms with Crippen LogP contribution in [0.1, 0.15) is 20.7 Å². The molecule has 0 atom stereocenters. The minimum Gasteiger partial charge on any atom is -0.478 e. The summed E-state index contributed by atoms with van der Waals surface area (Å²) in [7, 11) is 0. The summed E-state index contributed by atoms with van der Waals surface area (Å²) in [5.41, 5.74) is 0.0631. The van der Waals surface area contributed by atoms with E-state index in [1.807, 2.05) is 0 Å². The van der Waals surface area contributed by atoms with Gasteiger partial charge in [0.15, 0.2) is 0 Å². The van der Waals surface area contributed by atoms with Crippen LogP contribution in [0.2, 0.25) is 0 Å². The van der Waals surface area contributed by atoms with Crippen molar-refractivity contribution in [1.82, 2.24) is 5.32 Å². The molecule has 5 heteroatoms. The summed E-state index contributed by atoms with van der Waals surface area (Å²) < 4.78 is 0. The van der Waals surface area contributed by atoms with Crippen LogP contribution in [0.3, 0.4) is 0 Å². The minimum absolute atomic E-state index is 0.0415. The van der Waals surface area contributed by atoms with Gasteiger partial charge in [0.1, 0.15) is 0 Å². The van der Waals surface area contributed by atoms with Gasteiger partial charge < -0.3 is 10.4 Å². The molecule has 1 rings (SSSR count). The summed E-state index contributed by atoms with van der Waals surface area (Å²) in [6.45, 7) is 3.52. The van der Waals surface area contributed by atoms with Gasteiger partial charge in [-0.15, -0.1) is 0 Å². The van der Waals surface area contributed by atoms with E-state index in [2.05, 4.69) is 11.9 Å². The molecule has 0 unspecified atom stereocenters. The van der Waals surface area contributed by atoms with Gasteiger partial charge in [0.2, 0.25) is 0 Å². The molecule has 16 heavy (non-hydrogen) atoms. The molecule has 0 aliphatic heterocycles. The van der Waals surface area contributed by atoms with Crippen molar-refractivity contribution >= 4 is 23.5 Å². The summed E-state index contributed by atoms with van der Waals surface area (Å²) in [4.78, 5) is 22.4. The lowest BCUT2D eigenvalue weighted by atomic mass is 10.1. The Morgan fingerprint density at radius 2 is 1.88 bits per heavy atom. The second-order valence-corrected chi connectivity index (χ2v) is 3.59. The lowest BCUT2D eigenvalue weighted by Crippen LogP contribution is -2.26. The highest BCUT2D eigenvalue weighted by Gasteiger charge is 2.14. The molecule has 2 N–H and O–H groups in total. The third-order valence-electron chi connectivity index (χ3n) is 1.84. The van der Waals surface area contributed by atoms with E-state index in [0.717, 1.165) is 0 Å². The van der Waals surface area contributed by atoms with E-state index in [0.29, 0.717) is 0 Å². The second-order valence-electron chi connectivity index (χ2n) is 3.05. The fraction of sp³-hybridized carbons (Fsp3) is 0.0909. The highest BCUT2D eigenvalue weighted by molar-refractivity contribution is 6.29. The van der Waals surface area contributed by atoms with Crippen LogP contribution in [0.4, 0.5) is 0 Å². The number of nitrogens with one attached hydrogen (secondary N) is 1. The quantitative estimate of drug-likeness (QED) is 0.843.